The summed E-state index contributed by atoms with van der Waals surface area (Å²) < 4.78 is 13.7. The standard InChI is InChI=1S/C14H19FN2O2/c1-2-16-5-7-17(8-6-16)10-12-9-11(14(18)19)3-4-13(12)15/h3-4,9H,2,5-8,10H2,1H3,(H,18,19). The molecule has 1 aromatic rings. The third-order valence-corrected chi connectivity index (χ3v) is 3.60. The highest BCUT2D eigenvalue weighted by Gasteiger charge is 2.17. The Kier molecular flexibility index (Phi) is 4.50. The predicted molar refractivity (Wildman–Crippen MR) is 70.8 cm³/mol. The number of hydrogen-bond acceptors (Lipinski definition) is 3. The van der Waals surface area contributed by atoms with Crippen LogP contribution in [0.5, 0.6) is 0 Å². The SMILES string of the molecule is CCN1CCN(Cc2cc(C(=O)O)ccc2F)CC1. The number of aromatic carboxylic acids is 1. The van der Waals surface area contributed by atoms with Gasteiger partial charge in [0, 0.05) is 38.3 Å². The quantitative estimate of drug-likeness (QED) is 0.900. The average Bonchev–Trinajstić information content (AvgIpc) is 2.42. The van der Waals surface area contributed by atoms with E-state index in [4.69, 9.17) is 5.11 Å². The van der Waals surface area contributed by atoms with Gasteiger partial charge in [-0.2, -0.15) is 0 Å². The zero-order valence-corrected chi connectivity index (χ0v) is 11.1. The smallest absolute Gasteiger partial charge is 0.335 e. The van der Waals surface area contributed by atoms with Gasteiger partial charge >= 0.3 is 5.97 Å². The molecule has 0 unspecified atom stereocenters. The molecule has 0 atom stereocenters. The number of nitrogens with zero attached hydrogens (tertiary/aromatic N) is 2. The van der Waals surface area contributed by atoms with E-state index in [0.29, 0.717) is 12.1 Å². The summed E-state index contributed by atoms with van der Waals surface area (Å²) in [6, 6.07) is 3.97. The number of piperazine rings is 1. The first-order valence-corrected chi connectivity index (χ1v) is 6.56. The molecule has 2 rings (SSSR count). The number of likely N-dealkylation sites (N-methyl/N-ethyl adjacent to an activating group) is 1. The molecule has 0 radical (unpaired) electrons. The van der Waals surface area contributed by atoms with Gasteiger partial charge in [0.2, 0.25) is 0 Å². The van der Waals surface area contributed by atoms with E-state index in [1.807, 2.05) is 0 Å². The van der Waals surface area contributed by atoms with Gasteiger partial charge in [-0.15, -0.1) is 0 Å². The fourth-order valence-electron chi connectivity index (χ4n) is 2.33. The van der Waals surface area contributed by atoms with Gasteiger partial charge in [0.1, 0.15) is 5.82 Å². The molecule has 0 spiro atoms. The first-order valence-electron chi connectivity index (χ1n) is 6.56. The van der Waals surface area contributed by atoms with E-state index < -0.39 is 5.97 Å². The van der Waals surface area contributed by atoms with Gasteiger partial charge in [-0.25, -0.2) is 9.18 Å². The summed E-state index contributed by atoms with van der Waals surface area (Å²) in [6.07, 6.45) is 0. The Morgan fingerprint density at radius 3 is 2.47 bits per heavy atom. The zero-order valence-electron chi connectivity index (χ0n) is 11.1. The molecule has 19 heavy (non-hydrogen) atoms. The molecule has 1 aliphatic heterocycles. The van der Waals surface area contributed by atoms with Gasteiger partial charge in [0.05, 0.1) is 5.56 Å². The van der Waals surface area contributed by atoms with Crippen molar-refractivity contribution in [2.24, 2.45) is 0 Å². The first-order chi connectivity index (χ1) is 9.10. The Morgan fingerprint density at radius 1 is 1.26 bits per heavy atom. The van der Waals surface area contributed by atoms with Gasteiger partial charge in [-0.3, -0.25) is 4.90 Å². The number of benzene rings is 1. The number of carboxylic acids is 1. The molecule has 1 saturated heterocycles. The number of halogens is 1. The van der Waals surface area contributed by atoms with Gasteiger partial charge < -0.3 is 10.0 Å². The Morgan fingerprint density at radius 2 is 1.89 bits per heavy atom. The molecule has 0 aliphatic carbocycles. The van der Waals surface area contributed by atoms with Crippen molar-refractivity contribution in [2.45, 2.75) is 13.5 Å². The van der Waals surface area contributed by atoms with Crippen LogP contribution in [0.15, 0.2) is 18.2 Å². The molecule has 1 aromatic carbocycles. The van der Waals surface area contributed by atoms with Crippen LogP contribution >= 0.6 is 0 Å². The van der Waals surface area contributed by atoms with Crippen molar-refractivity contribution in [3.05, 3.63) is 35.1 Å². The van der Waals surface area contributed by atoms with Crippen LogP contribution in [0.3, 0.4) is 0 Å². The van der Waals surface area contributed by atoms with Crippen LogP contribution in [0.2, 0.25) is 0 Å². The van der Waals surface area contributed by atoms with Gasteiger partial charge in [-0.1, -0.05) is 6.92 Å². The Labute approximate surface area is 112 Å². The molecule has 5 heteroatoms. The van der Waals surface area contributed by atoms with Crippen LogP contribution < -0.4 is 0 Å². The molecule has 1 aliphatic rings. The Hall–Kier alpha value is -1.46. The second kappa shape index (κ2) is 6.12. The van der Waals surface area contributed by atoms with Crippen LogP contribution in [0, 0.1) is 5.82 Å². The minimum Gasteiger partial charge on any atom is -0.478 e. The summed E-state index contributed by atoms with van der Waals surface area (Å²) in [5.74, 6) is -1.35. The van der Waals surface area contributed by atoms with Crippen LogP contribution in [-0.4, -0.2) is 53.6 Å². The largest absolute Gasteiger partial charge is 0.478 e. The lowest BCUT2D eigenvalue weighted by Crippen LogP contribution is -2.45. The highest BCUT2D eigenvalue weighted by molar-refractivity contribution is 5.87. The van der Waals surface area contributed by atoms with Crippen molar-refractivity contribution >= 4 is 5.97 Å². The van der Waals surface area contributed by atoms with Crippen molar-refractivity contribution in [3.8, 4) is 0 Å². The van der Waals surface area contributed by atoms with E-state index in [1.54, 1.807) is 0 Å². The lowest BCUT2D eigenvalue weighted by molar-refractivity contribution is 0.0696. The first kappa shape index (κ1) is 14.0. The third kappa shape index (κ3) is 3.52. The second-order valence-corrected chi connectivity index (χ2v) is 4.82. The summed E-state index contributed by atoms with van der Waals surface area (Å²) >= 11 is 0. The van der Waals surface area contributed by atoms with Crippen LogP contribution in [0.1, 0.15) is 22.8 Å². The van der Waals surface area contributed by atoms with E-state index in [1.165, 1.54) is 18.2 Å². The molecular formula is C14H19FN2O2. The van der Waals surface area contributed by atoms with Crippen LogP contribution in [-0.2, 0) is 6.54 Å². The molecule has 1 fully saturated rings. The summed E-state index contributed by atoms with van der Waals surface area (Å²) in [5, 5.41) is 8.93. The summed E-state index contributed by atoms with van der Waals surface area (Å²) in [5.41, 5.74) is 0.605. The van der Waals surface area contributed by atoms with Gasteiger partial charge in [0.25, 0.3) is 0 Å². The maximum absolute atomic E-state index is 13.7. The molecule has 104 valence electrons. The van der Waals surface area contributed by atoms with Gasteiger partial charge in [-0.05, 0) is 24.7 Å². The second-order valence-electron chi connectivity index (χ2n) is 4.82. The molecule has 1 N–H and O–H groups in total. The molecule has 4 nitrogen and oxygen atoms in total. The highest BCUT2D eigenvalue weighted by Crippen LogP contribution is 2.14. The molecule has 0 saturated carbocycles. The molecular weight excluding hydrogens is 247 g/mol. The van der Waals surface area contributed by atoms with Crippen molar-refractivity contribution in [1.29, 1.82) is 0 Å². The minimum absolute atomic E-state index is 0.142. The fraction of sp³-hybridized carbons (Fsp3) is 0.500. The maximum atomic E-state index is 13.7. The summed E-state index contributed by atoms with van der Waals surface area (Å²) in [6.45, 7) is 7.40. The number of carboxylic acid groups (broad SMARTS) is 1. The monoisotopic (exact) mass is 266 g/mol. The summed E-state index contributed by atoms with van der Waals surface area (Å²) in [7, 11) is 0. The number of hydrogen-bond donors (Lipinski definition) is 1. The Balaban J connectivity index is 2.03. The zero-order chi connectivity index (χ0) is 13.8. The summed E-state index contributed by atoms with van der Waals surface area (Å²) in [4.78, 5) is 15.4. The number of carbonyl (C=O) groups is 1. The minimum atomic E-state index is -1.02. The van der Waals surface area contributed by atoms with Crippen molar-refractivity contribution in [1.82, 2.24) is 9.80 Å². The van der Waals surface area contributed by atoms with E-state index in [-0.39, 0.29) is 11.4 Å². The Bertz CT molecular complexity index is 457. The van der Waals surface area contributed by atoms with E-state index in [9.17, 15) is 9.18 Å². The van der Waals surface area contributed by atoms with E-state index in [0.717, 1.165) is 32.7 Å². The van der Waals surface area contributed by atoms with Crippen molar-refractivity contribution in [3.63, 3.8) is 0 Å². The lowest BCUT2D eigenvalue weighted by Gasteiger charge is -2.34. The van der Waals surface area contributed by atoms with E-state index in [2.05, 4.69) is 16.7 Å². The predicted octanol–water partition coefficient (Wildman–Crippen LogP) is 1.66. The fourth-order valence-corrected chi connectivity index (χ4v) is 2.33. The lowest BCUT2D eigenvalue weighted by atomic mass is 10.1. The normalized spacial score (nSPS) is 17.6. The average molecular weight is 266 g/mol. The van der Waals surface area contributed by atoms with Crippen LogP contribution in [0.25, 0.3) is 0 Å². The van der Waals surface area contributed by atoms with E-state index >= 15 is 0 Å². The van der Waals surface area contributed by atoms with Crippen molar-refractivity contribution in [2.75, 3.05) is 32.7 Å². The highest BCUT2D eigenvalue weighted by atomic mass is 19.1. The molecule has 1 heterocycles. The molecule has 0 aromatic heterocycles. The van der Waals surface area contributed by atoms with Crippen molar-refractivity contribution < 1.29 is 14.3 Å². The third-order valence-electron chi connectivity index (χ3n) is 3.60. The van der Waals surface area contributed by atoms with Crippen LogP contribution in [0.4, 0.5) is 4.39 Å². The molecule has 0 bridgehead atoms. The molecule has 0 amide bonds. The number of rotatable bonds is 4. The maximum Gasteiger partial charge on any atom is 0.335 e. The topological polar surface area (TPSA) is 43.8 Å². The van der Waals surface area contributed by atoms with Gasteiger partial charge in [0.15, 0.2) is 0 Å².